The number of amides is 2. The van der Waals surface area contributed by atoms with E-state index in [2.05, 4.69) is 15.4 Å². The summed E-state index contributed by atoms with van der Waals surface area (Å²) in [6, 6.07) is 6.88. The molecular weight excluding hydrogens is 322 g/mol. The minimum atomic E-state index is -0.862. The molecule has 2 unspecified atom stereocenters. The Morgan fingerprint density at radius 3 is 2.80 bits per heavy atom. The van der Waals surface area contributed by atoms with Crippen molar-refractivity contribution in [2.45, 2.75) is 20.3 Å². The Balaban J connectivity index is 1.78. The van der Waals surface area contributed by atoms with Crippen molar-refractivity contribution in [1.82, 2.24) is 19.7 Å². The van der Waals surface area contributed by atoms with Gasteiger partial charge in [0.2, 0.25) is 0 Å². The largest absolute Gasteiger partial charge is 0.481 e. The quantitative estimate of drug-likeness (QED) is 0.889. The van der Waals surface area contributed by atoms with E-state index in [9.17, 15) is 14.7 Å². The maximum atomic E-state index is 12.6. The Bertz CT molecular complexity index is 774. The number of carbonyl (C=O) groups excluding carboxylic acids is 1. The van der Waals surface area contributed by atoms with Gasteiger partial charge in [0.05, 0.1) is 11.6 Å². The molecule has 1 aliphatic rings. The lowest BCUT2D eigenvalue weighted by atomic mass is 9.91. The molecule has 3 rings (SSSR count). The Morgan fingerprint density at radius 1 is 1.32 bits per heavy atom. The Hall–Kier alpha value is -2.90. The summed E-state index contributed by atoms with van der Waals surface area (Å²) in [7, 11) is 0. The predicted molar refractivity (Wildman–Crippen MR) is 91.6 cm³/mol. The Morgan fingerprint density at radius 2 is 2.12 bits per heavy atom. The average Bonchev–Trinajstić information content (AvgIpc) is 2.95. The number of pyridine rings is 1. The molecule has 8 nitrogen and oxygen atoms in total. The van der Waals surface area contributed by atoms with E-state index in [1.165, 1.54) is 0 Å². The first-order chi connectivity index (χ1) is 11.9. The maximum Gasteiger partial charge on any atom is 0.323 e. The summed E-state index contributed by atoms with van der Waals surface area (Å²) in [6.07, 6.45) is 2.24. The number of aryl methyl sites for hydroxylation is 1. The minimum absolute atomic E-state index is 0.142. The molecule has 2 aromatic heterocycles. The van der Waals surface area contributed by atoms with Crippen molar-refractivity contribution in [2.75, 3.05) is 18.4 Å². The van der Waals surface area contributed by atoms with E-state index in [4.69, 9.17) is 0 Å². The van der Waals surface area contributed by atoms with Crippen LogP contribution in [0.4, 0.5) is 10.6 Å². The summed E-state index contributed by atoms with van der Waals surface area (Å²) in [5.41, 5.74) is 0.747. The van der Waals surface area contributed by atoms with Crippen LogP contribution in [0.2, 0.25) is 0 Å². The topological polar surface area (TPSA) is 100 Å². The van der Waals surface area contributed by atoms with Crippen LogP contribution >= 0.6 is 0 Å². The van der Waals surface area contributed by atoms with Gasteiger partial charge in [-0.05, 0) is 31.4 Å². The summed E-state index contributed by atoms with van der Waals surface area (Å²) in [5.74, 6) is -0.147. The number of piperidine rings is 1. The van der Waals surface area contributed by atoms with Gasteiger partial charge in [-0.15, -0.1) is 0 Å². The number of nitrogens with zero attached hydrogens (tertiary/aromatic N) is 4. The van der Waals surface area contributed by atoms with Gasteiger partial charge in [-0.1, -0.05) is 13.0 Å². The molecule has 8 heteroatoms. The third-order valence-electron chi connectivity index (χ3n) is 4.23. The first-order valence-electron chi connectivity index (χ1n) is 8.21. The lowest BCUT2D eigenvalue weighted by molar-refractivity contribution is -0.143. The SMILES string of the molecule is Cc1cc(NC(=O)N2CC(C)CC(C(=O)O)C2)n(-c2ccccn2)n1. The number of nitrogens with one attached hydrogen (secondary N) is 1. The van der Waals surface area contributed by atoms with Crippen LogP contribution in [0.25, 0.3) is 5.82 Å². The van der Waals surface area contributed by atoms with Gasteiger partial charge in [0.15, 0.2) is 5.82 Å². The highest BCUT2D eigenvalue weighted by Gasteiger charge is 2.32. The molecule has 0 aliphatic carbocycles. The highest BCUT2D eigenvalue weighted by molar-refractivity contribution is 5.89. The van der Waals surface area contributed by atoms with Crippen LogP contribution in [0, 0.1) is 18.8 Å². The van der Waals surface area contributed by atoms with Crippen molar-refractivity contribution in [3.8, 4) is 5.82 Å². The second-order valence-corrected chi connectivity index (χ2v) is 6.48. The van der Waals surface area contributed by atoms with Crippen molar-refractivity contribution in [1.29, 1.82) is 0 Å². The molecule has 0 bridgehead atoms. The van der Waals surface area contributed by atoms with Gasteiger partial charge in [-0.2, -0.15) is 9.78 Å². The van der Waals surface area contributed by atoms with E-state index < -0.39 is 11.9 Å². The molecule has 2 aromatic rings. The molecule has 0 radical (unpaired) electrons. The predicted octanol–water partition coefficient (Wildman–Crippen LogP) is 2.15. The molecule has 1 fully saturated rings. The summed E-state index contributed by atoms with van der Waals surface area (Å²) >= 11 is 0. The van der Waals surface area contributed by atoms with Crippen LogP contribution in [-0.4, -0.2) is 49.9 Å². The molecule has 1 saturated heterocycles. The van der Waals surface area contributed by atoms with Crippen LogP contribution < -0.4 is 5.32 Å². The fourth-order valence-electron chi connectivity index (χ4n) is 3.13. The van der Waals surface area contributed by atoms with Crippen molar-refractivity contribution < 1.29 is 14.7 Å². The van der Waals surface area contributed by atoms with Gasteiger partial charge in [-0.25, -0.2) is 9.78 Å². The number of anilines is 1. The lowest BCUT2D eigenvalue weighted by Gasteiger charge is -2.34. The number of urea groups is 1. The normalized spacial score (nSPS) is 20.3. The Kier molecular flexibility index (Phi) is 4.69. The van der Waals surface area contributed by atoms with Crippen LogP contribution in [0.5, 0.6) is 0 Å². The molecule has 2 amide bonds. The number of aromatic nitrogens is 3. The summed E-state index contributed by atoms with van der Waals surface area (Å²) < 4.78 is 1.56. The monoisotopic (exact) mass is 343 g/mol. The number of carboxylic acid groups (broad SMARTS) is 1. The fraction of sp³-hybridized carbons (Fsp3) is 0.412. The van der Waals surface area contributed by atoms with Crippen LogP contribution in [0.1, 0.15) is 19.0 Å². The first-order valence-corrected chi connectivity index (χ1v) is 8.21. The van der Waals surface area contributed by atoms with Gasteiger partial charge in [0, 0.05) is 25.4 Å². The van der Waals surface area contributed by atoms with Crippen LogP contribution in [-0.2, 0) is 4.79 Å². The van der Waals surface area contributed by atoms with Gasteiger partial charge in [-0.3, -0.25) is 10.1 Å². The zero-order chi connectivity index (χ0) is 18.0. The Labute approximate surface area is 145 Å². The zero-order valence-electron chi connectivity index (χ0n) is 14.2. The first kappa shape index (κ1) is 16.9. The molecular formula is C17H21N5O3. The van der Waals surface area contributed by atoms with Crippen molar-refractivity contribution in [3.05, 3.63) is 36.2 Å². The van der Waals surface area contributed by atoms with E-state index in [1.807, 2.05) is 19.9 Å². The number of likely N-dealkylation sites (tertiary alicyclic amines) is 1. The number of carbonyl (C=O) groups is 2. The van der Waals surface area contributed by atoms with Crippen molar-refractivity contribution >= 4 is 17.8 Å². The summed E-state index contributed by atoms with van der Waals surface area (Å²) in [4.78, 5) is 29.7. The van der Waals surface area contributed by atoms with Crippen LogP contribution in [0.15, 0.2) is 30.5 Å². The van der Waals surface area contributed by atoms with Gasteiger partial charge < -0.3 is 10.0 Å². The summed E-state index contributed by atoms with van der Waals surface area (Å²) in [5, 5.41) is 16.5. The van der Waals surface area contributed by atoms with Crippen LogP contribution in [0.3, 0.4) is 0 Å². The van der Waals surface area contributed by atoms with Crippen molar-refractivity contribution in [3.63, 3.8) is 0 Å². The van der Waals surface area contributed by atoms with E-state index in [1.54, 1.807) is 34.0 Å². The second-order valence-electron chi connectivity index (χ2n) is 6.48. The van der Waals surface area contributed by atoms with Gasteiger partial charge in [0.25, 0.3) is 0 Å². The maximum absolute atomic E-state index is 12.6. The third-order valence-corrected chi connectivity index (χ3v) is 4.23. The summed E-state index contributed by atoms with van der Waals surface area (Å²) in [6.45, 7) is 4.53. The van der Waals surface area contributed by atoms with E-state index in [0.29, 0.717) is 24.6 Å². The zero-order valence-corrected chi connectivity index (χ0v) is 14.2. The molecule has 1 aliphatic heterocycles. The molecule has 2 atom stereocenters. The molecule has 25 heavy (non-hydrogen) atoms. The molecule has 132 valence electrons. The fourth-order valence-corrected chi connectivity index (χ4v) is 3.13. The number of carboxylic acids is 1. The van der Waals surface area contributed by atoms with Gasteiger partial charge in [0.1, 0.15) is 5.82 Å². The van der Waals surface area contributed by atoms with E-state index >= 15 is 0 Å². The van der Waals surface area contributed by atoms with Gasteiger partial charge >= 0.3 is 12.0 Å². The number of rotatable bonds is 3. The third kappa shape index (κ3) is 3.78. The van der Waals surface area contributed by atoms with E-state index in [0.717, 1.165) is 5.69 Å². The van der Waals surface area contributed by atoms with E-state index in [-0.39, 0.29) is 18.5 Å². The highest BCUT2D eigenvalue weighted by Crippen LogP contribution is 2.23. The molecule has 0 aromatic carbocycles. The smallest absolute Gasteiger partial charge is 0.323 e. The number of aliphatic carboxylic acids is 1. The molecule has 3 heterocycles. The molecule has 0 saturated carbocycles. The highest BCUT2D eigenvalue weighted by atomic mass is 16.4. The number of hydrogen-bond acceptors (Lipinski definition) is 4. The minimum Gasteiger partial charge on any atom is -0.481 e. The average molecular weight is 343 g/mol. The second kappa shape index (κ2) is 6.92. The lowest BCUT2D eigenvalue weighted by Crippen LogP contribution is -2.47. The molecule has 0 spiro atoms. The standard InChI is InChI=1S/C17H21N5O3/c1-11-7-13(16(23)24)10-21(9-11)17(25)19-15-8-12(2)20-22(15)14-5-3-4-6-18-14/h3-6,8,11,13H,7,9-10H2,1-2H3,(H,19,25)(H,23,24). The molecule has 2 N–H and O–H groups in total. The van der Waals surface area contributed by atoms with Crippen molar-refractivity contribution in [2.24, 2.45) is 11.8 Å². The number of hydrogen-bond donors (Lipinski definition) is 2.